The number of nitrogens with zero attached hydrogens (tertiary/aromatic N) is 2. The second-order valence-electron chi connectivity index (χ2n) is 4.15. The number of rotatable bonds is 4. The molecule has 0 aromatic carbocycles. The van der Waals surface area contributed by atoms with Gasteiger partial charge in [0.2, 0.25) is 5.91 Å². The lowest BCUT2D eigenvalue weighted by molar-refractivity contribution is -0.157. The molecular formula is C10H20N2O2. The van der Waals surface area contributed by atoms with E-state index in [1.165, 1.54) is 0 Å². The first kappa shape index (κ1) is 11.5. The average Bonchev–Trinajstić information content (AvgIpc) is 2.11. The summed E-state index contributed by atoms with van der Waals surface area (Å²) in [4.78, 5) is 11.6. The van der Waals surface area contributed by atoms with Crippen molar-refractivity contribution in [3.05, 3.63) is 0 Å². The number of hydrogen-bond donors (Lipinski definition) is 1. The molecule has 1 heterocycles. The van der Waals surface area contributed by atoms with Crippen molar-refractivity contribution < 1.29 is 9.90 Å². The molecule has 4 heteroatoms. The van der Waals surface area contributed by atoms with E-state index in [1.54, 1.807) is 5.01 Å². The van der Waals surface area contributed by atoms with Crippen molar-refractivity contribution in [3.8, 4) is 0 Å². The van der Waals surface area contributed by atoms with Crippen LogP contribution in [0.15, 0.2) is 0 Å². The molecular weight excluding hydrogens is 180 g/mol. The molecule has 0 atom stereocenters. The van der Waals surface area contributed by atoms with Gasteiger partial charge in [0, 0.05) is 26.1 Å². The summed E-state index contributed by atoms with van der Waals surface area (Å²) in [5.74, 6) is 0.664. The molecule has 1 aliphatic rings. The molecule has 14 heavy (non-hydrogen) atoms. The lowest BCUT2D eigenvalue weighted by Gasteiger charge is -2.39. The monoisotopic (exact) mass is 200 g/mol. The summed E-state index contributed by atoms with van der Waals surface area (Å²) < 4.78 is 0. The van der Waals surface area contributed by atoms with Crippen LogP contribution in [0.4, 0.5) is 0 Å². The molecule has 0 radical (unpaired) electrons. The fourth-order valence-corrected chi connectivity index (χ4v) is 1.73. The fraction of sp³-hybridized carbons (Fsp3) is 0.900. The van der Waals surface area contributed by atoms with Gasteiger partial charge in [-0.25, -0.2) is 5.01 Å². The molecule has 0 aliphatic carbocycles. The van der Waals surface area contributed by atoms with Crippen LogP contribution < -0.4 is 0 Å². The minimum atomic E-state index is 0.113. The maximum absolute atomic E-state index is 11.6. The Labute approximate surface area is 85.5 Å². The molecule has 0 saturated carbocycles. The van der Waals surface area contributed by atoms with Crippen LogP contribution in [-0.2, 0) is 4.79 Å². The Balaban J connectivity index is 2.56. The first-order valence-corrected chi connectivity index (χ1v) is 5.31. The molecule has 0 spiro atoms. The quantitative estimate of drug-likeness (QED) is 0.717. The van der Waals surface area contributed by atoms with Crippen LogP contribution >= 0.6 is 0 Å². The van der Waals surface area contributed by atoms with Crippen LogP contribution in [0.3, 0.4) is 0 Å². The Bertz CT molecular complexity index is 193. The predicted octanol–water partition coefficient (Wildman–Crippen LogP) is 0.474. The van der Waals surface area contributed by atoms with Gasteiger partial charge >= 0.3 is 0 Å². The maximum atomic E-state index is 11.6. The second-order valence-corrected chi connectivity index (χ2v) is 4.15. The summed E-state index contributed by atoms with van der Waals surface area (Å²) in [7, 11) is 0. The van der Waals surface area contributed by atoms with Crippen molar-refractivity contribution in [2.45, 2.75) is 26.7 Å². The maximum Gasteiger partial charge on any atom is 0.236 e. The van der Waals surface area contributed by atoms with Crippen LogP contribution in [0, 0.1) is 5.92 Å². The van der Waals surface area contributed by atoms with E-state index in [9.17, 15) is 4.79 Å². The Morgan fingerprint density at radius 3 is 2.79 bits per heavy atom. The van der Waals surface area contributed by atoms with Gasteiger partial charge in [0.1, 0.15) is 0 Å². The molecule has 1 fully saturated rings. The van der Waals surface area contributed by atoms with E-state index < -0.39 is 0 Å². The number of β-amino-alcohol motifs (C(OH)–C–C–N with tert-alkyl or cyclic N) is 1. The lowest BCUT2D eigenvalue weighted by atomic mass is 10.2. The SMILES string of the molecule is CC(C)CN1C(=O)CCCN1CCO. The van der Waals surface area contributed by atoms with Gasteiger partial charge in [0.05, 0.1) is 6.61 Å². The highest BCUT2D eigenvalue weighted by atomic mass is 16.3. The standard InChI is InChI=1S/C10H20N2O2/c1-9(2)8-12-10(14)4-3-5-11(12)6-7-13/h9,13H,3-8H2,1-2H3. The summed E-state index contributed by atoms with van der Waals surface area (Å²) >= 11 is 0. The van der Waals surface area contributed by atoms with E-state index in [4.69, 9.17) is 5.11 Å². The van der Waals surface area contributed by atoms with Crippen LogP contribution in [0.5, 0.6) is 0 Å². The van der Waals surface area contributed by atoms with Gasteiger partial charge in [-0.2, -0.15) is 0 Å². The molecule has 0 aromatic rings. The predicted molar refractivity (Wildman–Crippen MR) is 54.4 cm³/mol. The van der Waals surface area contributed by atoms with E-state index in [0.29, 0.717) is 18.9 Å². The fourth-order valence-electron chi connectivity index (χ4n) is 1.73. The van der Waals surface area contributed by atoms with Crippen LogP contribution in [0.25, 0.3) is 0 Å². The van der Waals surface area contributed by atoms with Gasteiger partial charge in [-0.05, 0) is 12.3 Å². The lowest BCUT2D eigenvalue weighted by Crippen LogP contribution is -2.52. The molecule has 1 N–H and O–H groups in total. The summed E-state index contributed by atoms with van der Waals surface area (Å²) in [5, 5.41) is 12.6. The van der Waals surface area contributed by atoms with Crippen molar-refractivity contribution in [2.75, 3.05) is 26.2 Å². The highest BCUT2D eigenvalue weighted by Crippen LogP contribution is 2.13. The Kier molecular flexibility index (Phi) is 4.35. The molecule has 1 rings (SSSR count). The van der Waals surface area contributed by atoms with E-state index >= 15 is 0 Å². The molecule has 1 aliphatic heterocycles. The van der Waals surface area contributed by atoms with Gasteiger partial charge in [-0.1, -0.05) is 13.8 Å². The third-order valence-electron chi connectivity index (χ3n) is 2.33. The minimum Gasteiger partial charge on any atom is -0.395 e. The van der Waals surface area contributed by atoms with E-state index in [1.807, 2.05) is 5.01 Å². The van der Waals surface area contributed by atoms with Gasteiger partial charge in [-0.3, -0.25) is 9.80 Å². The van der Waals surface area contributed by atoms with Crippen LogP contribution in [0.2, 0.25) is 0 Å². The Hall–Kier alpha value is -0.610. The third-order valence-corrected chi connectivity index (χ3v) is 2.33. The van der Waals surface area contributed by atoms with Crippen molar-refractivity contribution in [1.82, 2.24) is 10.0 Å². The molecule has 0 unspecified atom stereocenters. The zero-order valence-corrected chi connectivity index (χ0v) is 9.07. The summed E-state index contributed by atoms with van der Waals surface area (Å²) in [6, 6.07) is 0. The molecule has 82 valence electrons. The number of hydrogen-bond acceptors (Lipinski definition) is 3. The third kappa shape index (κ3) is 2.96. The van der Waals surface area contributed by atoms with E-state index in [-0.39, 0.29) is 12.5 Å². The van der Waals surface area contributed by atoms with Crippen molar-refractivity contribution in [3.63, 3.8) is 0 Å². The van der Waals surface area contributed by atoms with E-state index in [2.05, 4.69) is 13.8 Å². The zero-order chi connectivity index (χ0) is 10.6. The highest BCUT2D eigenvalue weighted by molar-refractivity contribution is 5.76. The van der Waals surface area contributed by atoms with Crippen LogP contribution in [0.1, 0.15) is 26.7 Å². The van der Waals surface area contributed by atoms with Gasteiger partial charge in [0.25, 0.3) is 0 Å². The van der Waals surface area contributed by atoms with Crippen molar-refractivity contribution in [1.29, 1.82) is 0 Å². The Morgan fingerprint density at radius 2 is 2.21 bits per heavy atom. The van der Waals surface area contributed by atoms with Gasteiger partial charge in [-0.15, -0.1) is 0 Å². The molecule has 0 bridgehead atoms. The summed E-state index contributed by atoms with van der Waals surface area (Å²) in [6.45, 7) is 6.52. The summed E-state index contributed by atoms with van der Waals surface area (Å²) in [6.07, 6.45) is 1.56. The number of aliphatic hydroxyl groups excluding tert-OH is 1. The zero-order valence-electron chi connectivity index (χ0n) is 9.07. The number of hydrazine groups is 1. The first-order valence-electron chi connectivity index (χ1n) is 5.31. The number of amides is 1. The molecule has 1 saturated heterocycles. The summed E-state index contributed by atoms with van der Waals surface area (Å²) in [5.41, 5.74) is 0. The molecule has 4 nitrogen and oxygen atoms in total. The number of carbonyl (C=O) groups excluding carboxylic acids is 1. The minimum absolute atomic E-state index is 0.113. The van der Waals surface area contributed by atoms with Gasteiger partial charge < -0.3 is 5.11 Å². The van der Waals surface area contributed by atoms with Crippen LogP contribution in [-0.4, -0.2) is 47.3 Å². The van der Waals surface area contributed by atoms with Crippen molar-refractivity contribution >= 4 is 5.91 Å². The second kappa shape index (κ2) is 5.32. The highest BCUT2D eigenvalue weighted by Gasteiger charge is 2.25. The Morgan fingerprint density at radius 1 is 1.50 bits per heavy atom. The van der Waals surface area contributed by atoms with Gasteiger partial charge in [0.15, 0.2) is 0 Å². The van der Waals surface area contributed by atoms with E-state index in [0.717, 1.165) is 19.5 Å². The number of carbonyl (C=O) groups is 1. The first-order chi connectivity index (χ1) is 6.65. The number of aliphatic hydroxyl groups is 1. The average molecular weight is 200 g/mol. The smallest absolute Gasteiger partial charge is 0.236 e. The van der Waals surface area contributed by atoms with Crippen molar-refractivity contribution in [2.24, 2.45) is 5.92 Å². The molecule has 0 aromatic heterocycles. The normalized spacial score (nSPS) is 19.4. The largest absolute Gasteiger partial charge is 0.395 e. The topological polar surface area (TPSA) is 43.8 Å². The molecule has 1 amide bonds.